The van der Waals surface area contributed by atoms with Gasteiger partial charge in [0.05, 0.1) is 7.11 Å². The molecule has 0 aliphatic heterocycles. The van der Waals surface area contributed by atoms with Crippen LogP contribution < -0.4 is 15.2 Å². The first kappa shape index (κ1) is 15.3. The summed E-state index contributed by atoms with van der Waals surface area (Å²) >= 11 is 0. The first-order valence-corrected chi connectivity index (χ1v) is 6.82. The first-order chi connectivity index (χ1) is 10.0. The van der Waals surface area contributed by atoms with Crippen molar-refractivity contribution < 1.29 is 13.9 Å². The minimum atomic E-state index is -0.394. The molecule has 0 amide bonds. The maximum atomic E-state index is 13.6. The molecule has 0 radical (unpaired) electrons. The molecular formula is C17H20FNO2. The van der Waals surface area contributed by atoms with Gasteiger partial charge in [-0.25, -0.2) is 4.39 Å². The average Bonchev–Trinajstić information content (AvgIpc) is 2.46. The van der Waals surface area contributed by atoms with Crippen molar-refractivity contribution in [2.75, 3.05) is 7.11 Å². The fourth-order valence-corrected chi connectivity index (χ4v) is 2.12. The minimum Gasteiger partial charge on any atom is -0.494 e. The van der Waals surface area contributed by atoms with Crippen LogP contribution in [0.3, 0.4) is 0 Å². The lowest BCUT2D eigenvalue weighted by atomic mass is 10.1. The quantitative estimate of drug-likeness (QED) is 0.912. The monoisotopic (exact) mass is 289 g/mol. The molecule has 2 rings (SSSR count). The number of benzene rings is 2. The third kappa shape index (κ3) is 3.73. The van der Waals surface area contributed by atoms with E-state index in [1.165, 1.54) is 13.2 Å². The first-order valence-electron chi connectivity index (χ1n) is 6.82. The van der Waals surface area contributed by atoms with Gasteiger partial charge >= 0.3 is 0 Å². The van der Waals surface area contributed by atoms with Crippen LogP contribution in [-0.2, 0) is 6.61 Å². The summed E-state index contributed by atoms with van der Waals surface area (Å²) in [5, 5.41) is 0. The van der Waals surface area contributed by atoms with Gasteiger partial charge in [0.2, 0.25) is 0 Å². The molecular weight excluding hydrogens is 269 g/mol. The largest absolute Gasteiger partial charge is 0.494 e. The molecule has 0 aliphatic rings. The van der Waals surface area contributed by atoms with E-state index in [0.717, 1.165) is 22.4 Å². The Bertz CT molecular complexity index is 626. The summed E-state index contributed by atoms with van der Waals surface area (Å²) in [4.78, 5) is 0. The molecule has 0 aliphatic carbocycles. The summed E-state index contributed by atoms with van der Waals surface area (Å²) in [6, 6.07) is 10.5. The molecule has 1 atom stereocenters. The van der Waals surface area contributed by atoms with Crippen LogP contribution in [0.2, 0.25) is 0 Å². The van der Waals surface area contributed by atoms with Crippen molar-refractivity contribution in [1.29, 1.82) is 0 Å². The standard InChI is InChI=1S/C17H20FNO2/c1-11-4-6-16(14(8-11)12(2)19)21-10-13-5-7-17(20-3)15(18)9-13/h4-9,12H,10,19H2,1-3H3/t12-/m0/s1. The molecule has 21 heavy (non-hydrogen) atoms. The molecule has 112 valence electrons. The smallest absolute Gasteiger partial charge is 0.165 e. The second-order valence-corrected chi connectivity index (χ2v) is 5.09. The summed E-state index contributed by atoms with van der Waals surface area (Å²) in [5.41, 5.74) is 8.78. The van der Waals surface area contributed by atoms with E-state index in [9.17, 15) is 4.39 Å². The number of hydrogen-bond donors (Lipinski definition) is 1. The predicted molar refractivity (Wildman–Crippen MR) is 81.1 cm³/mol. The van der Waals surface area contributed by atoms with Crippen molar-refractivity contribution in [3.8, 4) is 11.5 Å². The van der Waals surface area contributed by atoms with Gasteiger partial charge in [-0.15, -0.1) is 0 Å². The van der Waals surface area contributed by atoms with E-state index in [2.05, 4.69) is 0 Å². The lowest BCUT2D eigenvalue weighted by Gasteiger charge is -2.15. The molecule has 0 saturated carbocycles. The predicted octanol–water partition coefficient (Wildman–Crippen LogP) is 3.74. The Morgan fingerprint density at radius 3 is 2.48 bits per heavy atom. The number of nitrogens with two attached hydrogens (primary N) is 1. The summed E-state index contributed by atoms with van der Waals surface area (Å²) in [6.45, 7) is 4.20. The Kier molecular flexibility index (Phi) is 4.81. The van der Waals surface area contributed by atoms with Gasteiger partial charge < -0.3 is 15.2 Å². The van der Waals surface area contributed by atoms with E-state index >= 15 is 0 Å². The van der Waals surface area contributed by atoms with E-state index < -0.39 is 5.82 Å². The normalized spacial score (nSPS) is 12.0. The molecule has 0 fully saturated rings. The van der Waals surface area contributed by atoms with Crippen LogP contribution in [0.4, 0.5) is 4.39 Å². The number of halogens is 1. The molecule has 0 bridgehead atoms. The minimum absolute atomic E-state index is 0.118. The van der Waals surface area contributed by atoms with Gasteiger partial charge in [0.15, 0.2) is 11.6 Å². The van der Waals surface area contributed by atoms with Gasteiger partial charge in [-0.3, -0.25) is 0 Å². The highest BCUT2D eigenvalue weighted by Gasteiger charge is 2.09. The lowest BCUT2D eigenvalue weighted by molar-refractivity contribution is 0.300. The Morgan fingerprint density at radius 1 is 1.14 bits per heavy atom. The van der Waals surface area contributed by atoms with Gasteiger partial charge in [-0.2, -0.15) is 0 Å². The van der Waals surface area contributed by atoms with Crippen LogP contribution >= 0.6 is 0 Å². The number of rotatable bonds is 5. The van der Waals surface area contributed by atoms with Crippen molar-refractivity contribution in [2.45, 2.75) is 26.5 Å². The zero-order valence-corrected chi connectivity index (χ0v) is 12.5. The highest BCUT2D eigenvalue weighted by Crippen LogP contribution is 2.26. The molecule has 4 heteroatoms. The lowest BCUT2D eigenvalue weighted by Crippen LogP contribution is -2.08. The molecule has 0 spiro atoms. The number of ether oxygens (including phenoxy) is 2. The van der Waals surface area contributed by atoms with Crippen molar-refractivity contribution in [3.05, 3.63) is 58.9 Å². The zero-order chi connectivity index (χ0) is 15.4. The van der Waals surface area contributed by atoms with E-state index in [1.54, 1.807) is 12.1 Å². The van der Waals surface area contributed by atoms with Crippen LogP contribution in [0.25, 0.3) is 0 Å². The molecule has 2 N–H and O–H groups in total. The Labute approximate surface area is 124 Å². The highest BCUT2D eigenvalue weighted by molar-refractivity contribution is 5.39. The fourth-order valence-electron chi connectivity index (χ4n) is 2.12. The van der Waals surface area contributed by atoms with E-state index in [1.807, 2.05) is 32.0 Å². The Hall–Kier alpha value is -2.07. The topological polar surface area (TPSA) is 44.5 Å². The van der Waals surface area contributed by atoms with Gasteiger partial charge in [0.25, 0.3) is 0 Å². The van der Waals surface area contributed by atoms with Gasteiger partial charge in [-0.1, -0.05) is 23.8 Å². The second-order valence-electron chi connectivity index (χ2n) is 5.09. The summed E-state index contributed by atoms with van der Waals surface area (Å²) in [5.74, 6) is 0.562. The van der Waals surface area contributed by atoms with Crippen LogP contribution in [0.1, 0.15) is 29.7 Å². The SMILES string of the molecule is COc1ccc(COc2ccc(C)cc2[C@H](C)N)cc1F. The third-order valence-electron chi connectivity index (χ3n) is 3.27. The molecule has 0 saturated heterocycles. The highest BCUT2D eigenvalue weighted by atomic mass is 19.1. The van der Waals surface area contributed by atoms with Crippen LogP contribution in [0, 0.1) is 12.7 Å². The Balaban J connectivity index is 2.15. The average molecular weight is 289 g/mol. The summed E-state index contributed by atoms with van der Waals surface area (Å²) < 4.78 is 24.3. The number of aryl methyl sites for hydroxylation is 1. The maximum Gasteiger partial charge on any atom is 0.165 e. The molecule has 2 aromatic carbocycles. The van der Waals surface area contributed by atoms with Gasteiger partial charge in [0.1, 0.15) is 12.4 Å². The summed E-state index contributed by atoms with van der Waals surface area (Å²) in [6.07, 6.45) is 0. The molecule has 0 unspecified atom stereocenters. The molecule has 0 aromatic heterocycles. The van der Waals surface area contributed by atoms with Crippen molar-refractivity contribution in [3.63, 3.8) is 0 Å². The van der Waals surface area contributed by atoms with Crippen molar-refractivity contribution in [1.82, 2.24) is 0 Å². The van der Waals surface area contributed by atoms with Gasteiger partial charge in [-0.05, 0) is 37.6 Å². The van der Waals surface area contributed by atoms with E-state index in [4.69, 9.17) is 15.2 Å². The molecule has 0 heterocycles. The van der Waals surface area contributed by atoms with Crippen LogP contribution in [-0.4, -0.2) is 7.11 Å². The van der Waals surface area contributed by atoms with Gasteiger partial charge in [0, 0.05) is 11.6 Å². The maximum absolute atomic E-state index is 13.6. The van der Waals surface area contributed by atoms with Crippen molar-refractivity contribution in [2.24, 2.45) is 5.73 Å². The second kappa shape index (κ2) is 6.59. The fraction of sp³-hybridized carbons (Fsp3) is 0.294. The number of hydrogen-bond acceptors (Lipinski definition) is 3. The number of methoxy groups -OCH3 is 1. The third-order valence-corrected chi connectivity index (χ3v) is 3.27. The zero-order valence-electron chi connectivity index (χ0n) is 12.5. The molecule has 2 aromatic rings. The molecule has 3 nitrogen and oxygen atoms in total. The van der Waals surface area contributed by atoms with E-state index in [0.29, 0.717) is 0 Å². The van der Waals surface area contributed by atoms with Crippen LogP contribution in [0.5, 0.6) is 11.5 Å². The van der Waals surface area contributed by atoms with Crippen LogP contribution in [0.15, 0.2) is 36.4 Å². The summed E-state index contributed by atoms with van der Waals surface area (Å²) in [7, 11) is 1.44. The Morgan fingerprint density at radius 2 is 1.86 bits per heavy atom. The van der Waals surface area contributed by atoms with Crippen molar-refractivity contribution >= 4 is 0 Å². The van der Waals surface area contributed by atoms with E-state index in [-0.39, 0.29) is 18.4 Å².